The van der Waals surface area contributed by atoms with Gasteiger partial charge in [0.2, 0.25) is 0 Å². The molecule has 2 rings (SSSR count). The molecule has 1 aromatic heterocycles. The third kappa shape index (κ3) is 2.38. The first-order chi connectivity index (χ1) is 7.81. The smallest absolute Gasteiger partial charge is 0.0619 e. The van der Waals surface area contributed by atoms with Crippen LogP contribution in [0.5, 0.6) is 0 Å². The Morgan fingerprint density at radius 3 is 2.94 bits per heavy atom. The molecule has 16 heavy (non-hydrogen) atoms. The summed E-state index contributed by atoms with van der Waals surface area (Å²) in [5, 5.41) is 5.79. The van der Waals surface area contributed by atoms with E-state index in [2.05, 4.69) is 29.4 Å². The number of nitrogens with zero attached hydrogens (tertiary/aromatic N) is 1. The van der Waals surface area contributed by atoms with Crippen molar-refractivity contribution in [2.75, 3.05) is 6.54 Å². The Bertz CT molecular complexity index is 462. The highest BCUT2D eigenvalue weighted by molar-refractivity contribution is 5.84. The van der Waals surface area contributed by atoms with Crippen LogP contribution in [0, 0.1) is 0 Å². The molecule has 0 unspecified atom stereocenters. The zero-order chi connectivity index (χ0) is 11.4. The minimum atomic E-state index is 0.320. The zero-order valence-electron chi connectivity index (χ0n) is 9.48. The van der Waals surface area contributed by atoms with Gasteiger partial charge in [-0.2, -0.15) is 0 Å². The summed E-state index contributed by atoms with van der Waals surface area (Å²) in [4.78, 5) is 4.41. The molecule has 1 heterocycles. The van der Waals surface area contributed by atoms with Crippen LogP contribution in [-0.2, 0) is 6.54 Å². The lowest BCUT2D eigenvalue weighted by atomic mass is 10.1. The van der Waals surface area contributed by atoms with Crippen LogP contribution in [0.25, 0.3) is 10.8 Å². The molecule has 0 aliphatic carbocycles. The van der Waals surface area contributed by atoms with Gasteiger partial charge in [0.25, 0.3) is 0 Å². The summed E-state index contributed by atoms with van der Waals surface area (Å²) in [5.41, 5.74) is 6.65. The minimum absolute atomic E-state index is 0.320. The van der Waals surface area contributed by atoms with Gasteiger partial charge in [-0.05, 0) is 18.4 Å². The summed E-state index contributed by atoms with van der Waals surface area (Å²) >= 11 is 0. The van der Waals surface area contributed by atoms with E-state index in [9.17, 15) is 0 Å². The van der Waals surface area contributed by atoms with Crippen LogP contribution in [0.15, 0.2) is 36.5 Å². The fourth-order valence-corrected chi connectivity index (χ4v) is 1.68. The van der Waals surface area contributed by atoms with Gasteiger partial charge in [0.15, 0.2) is 0 Å². The molecule has 2 aromatic rings. The Labute approximate surface area is 95.7 Å². The summed E-state index contributed by atoms with van der Waals surface area (Å²) < 4.78 is 0. The lowest BCUT2D eigenvalue weighted by Gasteiger charge is -2.11. The second-order valence-corrected chi connectivity index (χ2v) is 4.00. The van der Waals surface area contributed by atoms with Gasteiger partial charge in [0, 0.05) is 30.7 Å². The lowest BCUT2D eigenvalue weighted by Crippen LogP contribution is -2.32. The Morgan fingerprint density at radius 1 is 1.31 bits per heavy atom. The van der Waals surface area contributed by atoms with E-state index in [1.807, 2.05) is 24.4 Å². The molecule has 1 atom stereocenters. The maximum absolute atomic E-state index is 5.57. The normalized spacial score (nSPS) is 12.9. The molecule has 0 amide bonds. The fraction of sp³-hybridized carbons (Fsp3) is 0.308. The molecule has 0 spiro atoms. The maximum atomic E-state index is 5.57. The van der Waals surface area contributed by atoms with E-state index in [0.717, 1.165) is 12.2 Å². The third-order valence-corrected chi connectivity index (χ3v) is 2.73. The molecular weight excluding hydrogens is 198 g/mol. The van der Waals surface area contributed by atoms with Gasteiger partial charge in [0.1, 0.15) is 0 Å². The number of nitrogens with two attached hydrogens (primary N) is 1. The van der Waals surface area contributed by atoms with E-state index in [4.69, 9.17) is 5.73 Å². The van der Waals surface area contributed by atoms with Crippen molar-refractivity contribution >= 4 is 10.8 Å². The van der Waals surface area contributed by atoms with E-state index < -0.39 is 0 Å². The molecule has 0 bridgehead atoms. The third-order valence-electron chi connectivity index (χ3n) is 2.73. The highest BCUT2D eigenvalue weighted by Gasteiger charge is 2.03. The summed E-state index contributed by atoms with van der Waals surface area (Å²) in [6, 6.07) is 10.6. The predicted molar refractivity (Wildman–Crippen MR) is 67.1 cm³/mol. The number of nitrogens with one attached hydrogen (secondary N) is 1. The van der Waals surface area contributed by atoms with Crippen molar-refractivity contribution < 1.29 is 0 Å². The number of hydrogen-bond acceptors (Lipinski definition) is 3. The van der Waals surface area contributed by atoms with Crippen LogP contribution in [0.1, 0.15) is 12.6 Å². The molecule has 84 valence electrons. The van der Waals surface area contributed by atoms with Crippen LogP contribution >= 0.6 is 0 Å². The summed E-state index contributed by atoms with van der Waals surface area (Å²) in [6.45, 7) is 3.48. The quantitative estimate of drug-likeness (QED) is 0.815. The van der Waals surface area contributed by atoms with Crippen LogP contribution in [0.4, 0.5) is 0 Å². The van der Waals surface area contributed by atoms with Crippen LogP contribution in [0.3, 0.4) is 0 Å². The Hall–Kier alpha value is -1.45. The molecule has 0 saturated heterocycles. The topological polar surface area (TPSA) is 50.9 Å². The van der Waals surface area contributed by atoms with Crippen molar-refractivity contribution in [2.45, 2.75) is 19.5 Å². The second kappa shape index (κ2) is 5.05. The van der Waals surface area contributed by atoms with Crippen molar-refractivity contribution in [1.29, 1.82) is 0 Å². The highest BCUT2D eigenvalue weighted by Crippen LogP contribution is 2.15. The predicted octanol–water partition coefficient (Wildman–Crippen LogP) is 1.67. The van der Waals surface area contributed by atoms with E-state index >= 15 is 0 Å². The van der Waals surface area contributed by atoms with Gasteiger partial charge in [0.05, 0.1) is 5.69 Å². The van der Waals surface area contributed by atoms with Crippen molar-refractivity contribution in [3.63, 3.8) is 0 Å². The molecule has 3 N–H and O–H groups in total. The lowest BCUT2D eigenvalue weighted by molar-refractivity contribution is 0.552. The van der Waals surface area contributed by atoms with E-state index in [-0.39, 0.29) is 0 Å². The van der Waals surface area contributed by atoms with Crippen LogP contribution in [0.2, 0.25) is 0 Å². The zero-order valence-corrected chi connectivity index (χ0v) is 9.48. The average Bonchev–Trinajstić information content (AvgIpc) is 2.35. The highest BCUT2D eigenvalue weighted by atomic mass is 14.9. The molecule has 1 aromatic carbocycles. The number of benzene rings is 1. The Balaban J connectivity index is 2.23. The first-order valence-corrected chi connectivity index (χ1v) is 5.57. The first kappa shape index (κ1) is 11.0. The van der Waals surface area contributed by atoms with Crippen molar-refractivity contribution in [2.24, 2.45) is 5.73 Å². The minimum Gasteiger partial charge on any atom is -0.329 e. The monoisotopic (exact) mass is 215 g/mol. The standard InChI is InChI=1S/C13H17N3/c1-10(8-14)16-9-13-12-5-3-2-4-11(12)6-7-15-13/h2-7,10,16H,8-9,14H2,1H3/t10-/m0/s1. The largest absolute Gasteiger partial charge is 0.329 e. The summed E-state index contributed by atoms with van der Waals surface area (Å²) in [6.07, 6.45) is 1.85. The van der Waals surface area contributed by atoms with Gasteiger partial charge >= 0.3 is 0 Å². The van der Waals surface area contributed by atoms with Crippen LogP contribution < -0.4 is 11.1 Å². The van der Waals surface area contributed by atoms with Crippen molar-refractivity contribution in [3.8, 4) is 0 Å². The number of hydrogen-bond donors (Lipinski definition) is 2. The number of rotatable bonds is 4. The summed E-state index contributed by atoms with van der Waals surface area (Å²) in [7, 11) is 0. The fourth-order valence-electron chi connectivity index (χ4n) is 1.68. The van der Waals surface area contributed by atoms with Crippen molar-refractivity contribution in [3.05, 3.63) is 42.2 Å². The first-order valence-electron chi connectivity index (χ1n) is 5.57. The SMILES string of the molecule is C[C@@H](CN)NCc1nccc2ccccc12. The second-order valence-electron chi connectivity index (χ2n) is 4.00. The average molecular weight is 215 g/mol. The molecule has 0 aliphatic heterocycles. The number of fused-ring (bicyclic) bond motifs is 1. The molecule has 3 nitrogen and oxygen atoms in total. The van der Waals surface area contributed by atoms with E-state index in [0.29, 0.717) is 12.6 Å². The van der Waals surface area contributed by atoms with Gasteiger partial charge in [-0.1, -0.05) is 24.3 Å². The molecule has 3 heteroatoms. The molecule has 0 fully saturated rings. The molecule has 0 radical (unpaired) electrons. The Kier molecular flexibility index (Phi) is 3.49. The van der Waals surface area contributed by atoms with Gasteiger partial charge in [-0.15, -0.1) is 0 Å². The van der Waals surface area contributed by atoms with E-state index in [1.54, 1.807) is 0 Å². The number of pyridine rings is 1. The van der Waals surface area contributed by atoms with Crippen molar-refractivity contribution in [1.82, 2.24) is 10.3 Å². The number of aromatic nitrogens is 1. The summed E-state index contributed by atoms with van der Waals surface area (Å²) in [5.74, 6) is 0. The molecule has 0 saturated carbocycles. The molecular formula is C13H17N3. The van der Waals surface area contributed by atoms with Gasteiger partial charge in [-0.25, -0.2) is 0 Å². The maximum Gasteiger partial charge on any atom is 0.0619 e. The van der Waals surface area contributed by atoms with Gasteiger partial charge < -0.3 is 11.1 Å². The van der Waals surface area contributed by atoms with E-state index in [1.165, 1.54) is 10.8 Å². The van der Waals surface area contributed by atoms with Gasteiger partial charge in [-0.3, -0.25) is 4.98 Å². The molecule has 0 aliphatic rings. The Morgan fingerprint density at radius 2 is 2.12 bits per heavy atom. The van der Waals surface area contributed by atoms with Crippen LogP contribution in [-0.4, -0.2) is 17.6 Å².